The van der Waals surface area contributed by atoms with Gasteiger partial charge >= 0.3 is 0 Å². The standard InChI is InChI=1S/C24H28N2O4/c1-16-23-10-12-26(14-17-5-3-2-4-6-17)20(24(23,29)9-11-25-15-27)13-18-7-8-19(28)22(30-16)21(18)23/h2-8,15-16,20,28-29H,9-14H2,1H3,(H,25,27)/t16-,20?,23?,24?/m0/s1. The number of aromatic hydroxyl groups is 1. The number of carbonyl (C=O) groups is 1. The highest BCUT2D eigenvalue weighted by molar-refractivity contribution is 5.61. The van der Waals surface area contributed by atoms with Gasteiger partial charge in [-0.2, -0.15) is 0 Å². The molecule has 1 spiro atoms. The van der Waals surface area contributed by atoms with Crippen molar-refractivity contribution < 1.29 is 19.7 Å². The summed E-state index contributed by atoms with van der Waals surface area (Å²) < 4.78 is 6.18. The van der Waals surface area contributed by atoms with Crippen LogP contribution in [0, 0.1) is 0 Å². The number of hydrogen-bond donors (Lipinski definition) is 3. The number of hydrogen-bond acceptors (Lipinski definition) is 5. The fraction of sp³-hybridized carbons (Fsp3) is 0.458. The van der Waals surface area contributed by atoms with Crippen molar-refractivity contribution in [2.75, 3.05) is 13.1 Å². The predicted molar refractivity (Wildman–Crippen MR) is 112 cm³/mol. The minimum Gasteiger partial charge on any atom is -0.504 e. The first-order valence-corrected chi connectivity index (χ1v) is 10.7. The Hall–Kier alpha value is -2.57. The Labute approximate surface area is 176 Å². The predicted octanol–water partition coefficient (Wildman–Crippen LogP) is 2.11. The molecule has 3 unspecified atom stereocenters. The fourth-order valence-electron chi connectivity index (χ4n) is 6.28. The van der Waals surface area contributed by atoms with Crippen molar-refractivity contribution in [2.45, 2.75) is 55.9 Å². The number of likely N-dealkylation sites (tertiary alicyclic amines) is 1. The smallest absolute Gasteiger partial charge is 0.207 e. The maximum atomic E-state index is 12.4. The van der Waals surface area contributed by atoms with Crippen molar-refractivity contribution in [1.29, 1.82) is 0 Å². The lowest BCUT2D eigenvalue weighted by Gasteiger charge is -2.61. The number of fused-ring (bicyclic) bond motifs is 1. The number of phenols is 1. The maximum absolute atomic E-state index is 12.4. The van der Waals surface area contributed by atoms with Gasteiger partial charge in [-0.05, 0) is 43.4 Å². The van der Waals surface area contributed by atoms with Gasteiger partial charge in [-0.25, -0.2) is 0 Å². The van der Waals surface area contributed by atoms with E-state index in [1.807, 2.05) is 31.2 Å². The number of benzene rings is 2. The molecule has 1 saturated heterocycles. The van der Waals surface area contributed by atoms with Gasteiger partial charge in [0.05, 0.1) is 11.0 Å². The average Bonchev–Trinajstić information content (AvgIpc) is 3.04. The maximum Gasteiger partial charge on any atom is 0.207 e. The van der Waals surface area contributed by atoms with Crippen LogP contribution in [0.15, 0.2) is 42.5 Å². The lowest BCUT2D eigenvalue weighted by Crippen LogP contribution is -2.73. The first-order chi connectivity index (χ1) is 14.5. The summed E-state index contributed by atoms with van der Waals surface area (Å²) in [6, 6.07) is 13.9. The SMILES string of the molecule is C[C@@H]1Oc2c(O)ccc3c2C12CCN(Cc1ccccc1)C(C3)C2(O)CCNC=O. The van der Waals surface area contributed by atoms with Gasteiger partial charge < -0.3 is 20.3 Å². The van der Waals surface area contributed by atoms with Gasteiger partial charge in [0.2, 0.25) is 6.41 Å². The van der Waals surface area contributed by atoms with Crippen molar-refractivity contribution in [2.24, 2.45) is 0 Å². The summed E-state index contributed by atoms with van der Waals surface area (Å²) in [4.78, 5) is 13.3. The number of nitrogens with zero attached hydrogens (tertiary/aromatic N) is 1. The number of aliphatic hydroxyl groups is 1. The minimum absolute atomic E-state index is 0.103. The number of rotatable bonds is 6. The summed E-state index contributed by atoms with van der Waals surface area (Å²) in [5, 5.41) is 25.6. The van der Waals surface area contributed by atoms with Gasteiger partial charge in [-0.3, -0.25) is 9.69 Å². The lowest BCUT2D eigenvalue weighted by atomic mass is 9.52. The third-order valence-corrected chi connectivity index (χ3v) is 7.59. The summed E-state index contributed by atoms with van der Waals surface area (Å²) in [6.07, 6.45) is 2.27. The van der Waals surface area contributed by atoms with Crippen molar-refractivity contribution in [3.63, 3.8) is 0 Å². The van der Waals surface area contributed by atoms with E-state index in [2.05, 4.69) is 22.3 Å². The Kier molecular flexibility index (Phi) is 4.52. The zero-order chi connectivity index (χ0) is 20.9. The molecule has 2 aliphatic heterocycles. The minimum atomic E-state index is -1.08. The van der Waals surface area contributed by atoms with Crippen LogP contribution in [0.5, 0.6) is 11.5 Å². The summed E-state index contributed by atoms with van der Waals surface area (Å²) in [5.41, 5.74) is 1.65. The third-order valence-electron chi connectivity index (χ3n) is 7.59. The Bertz CT molecular complexity index is 965. The van der Waals surface area contributed by atoms with Crippen molar-refractivity contribution in [1.82, 2.24) is 10.2 Å². The molecule has 2 aromatic carbocycles. The van der Waals surface area contributed by atoms with E-state index < -0.39 is 11.0 Å². The van der Waals surface area contributed by atoms with Crippen LogP contribution < -0.4 is 10.1 Å². The fourth-order valence-corrected chi connectivity index (χ4v) is 6.28. The zero-order valence-corrected chi connectivity index (χ0v) is 17.2. The lowest BCUT2D eigenvalue weighted by molar-refractivity contribution is -0.168. The molecular formula is C24H28N2O4. The monoisotopic (exact) mass is 408 g/mol. The van der Waals surface area contributed by atoms with Crippen LogP contribution in [0.3, 0.4) is 0 Å². The molecule has 3 N–H and O–H groups in total. The van der Waals surface area contributed by atoms with Crippen LogP contribution in [-0.2, 0) is 23.2 Å². The van der Waals surface area contributed by atoms with Crippen LogP contribution in [0.4, 0.5) is 0 Å². The van der Waals surface area contributed by atoms with E-state index in [0.29, 0.717) is 31.5 Å². The number of amides is 1. The molecule has 1 aliphatic carbocycles. The highest BCUT2D eigenvalue weighted by atomic mass is 16.5. The molecule has 0 radical (unpaired) electrons. The molecule has 3 aliphatic rings. The summed E-state index contributed by atoms with van der Waals surface area (Å²) in [7, 11) is 0. The van der Waals surface area contributed by atoms with E-state index in [4.69, 9.17) is 4.74 Å². The molecule has 158 valence electrons. The van der Waals surface area contributed by atoms with E-state index in [-0.39, 0.29) is 17.9 Å². The van der Waals surface area contributed by atoms with Gasteiger partial charge in [0.15, 0.2) is 11.5 Å². The largest absolute Gasteiger partial charge is 0.504 e. The van der Waals surface area contributed by atoms with Gasteiger partial charge in [-0.1, -0.05) is 36.4 Å². The summed E-state index contributed by atoms with van der Waals surface area (Å²) in [6.45, 7) is 4.00. The second-order valence-corrected chi connectivity index (χ2v) is 8.85. The average molecular weight is 408 g/mol. The topological polar surface area (TPSA) is 82.0 Å². The highest BCUT2D eigenvalue weighted by Gasteiger charge is 2.68. The molecule has 2 heterocycles. The molecule has 2 aromatic rings. The first-order valence-electron chi connectivity index (χ1n) is 10.7. The molecule has 0 saturated carbocycles. The second-order valence-electron chi connectivity index (χ2n) is 8.85. The van der Waals surface area contributed by atoms with Crippen LogP contribution in [0.2, 0.25) is 0 Å². The molecule has 5 rings (SSSR count). The second kappa shape index (κ2) is 7.00. The van der Waals surface area contributed by atoms with E-state index in [1.165, 1.54) is 5.56 Å². The van der Waals surface area contributed by atoms with Crippen LogP contribution >= 0.6 is 0 Å². The number of ether oxygens (including phenoxy) is 1. The van der Waals surface area contributed by atoms with Gasteiger partial charge in [0.1, 0.15) is 6.10 Å². The number of piperidine rings is 1. The summed E-state index contributed by atoms with van der Waals surface area (Å²) in [5.74, 6) is 0.660. The normalized spacial score (nSPS) is 31.7. The molecule has 4 atom stereocenters. The molecular weight excluding hydrogens is 380 g/mol. The molecule has 6 nitrogen and oxygen atoms in total. The van der Waals surface area contributed by atoms with Gasteiger partial charge in [0.25, 0.3) is 0 Å². The molecule has 1 fully saturated rings. The third kappa shape index (κ3) is 2.53. The Morgan fingerprint density at radius 1 is 1.27 bits per heavy atom. The summed E-state index contributed by atoms with van der Waals surface area (Å²) >= 11 is 0. The number of phenolic OH excluding ortho intramolecular Hbond substituents is 1. The van der Waals surface area contributed by atoms with Gasteiger partial charge in [-0.15, -0.1) is 0 Å². The van der Waals surface area contributed by atoms with Crippen LogP contribution in [-0.4, -0.2) is 52.4 Å². The number of nitrogens with one attached hydrogen (secondary N) is 1. The highest BCUT2D eigenvalue weighted by Crippen LogP contribution is 2.62. The van der Waals surface area contributed by atoms with Crippen molar-refractivity contribution >= 4 is 6.41 Å². The van der Waals surface area contributed by atoms with E-state index in [9.17, 15) is 15.0 Å². The van der Waals surface area contributed by atoms with Crippen LogP contribution in [0.1, 0.15) is 36.5 Å². The molecule has 0 aromatic heterocycles. The Morgan fingerprint density at radius 2 is 2.07 bits per heavy atom. The molecule has 1 amide bonds. The molecule has 30 heavy (non-hydrogen) atoms. The Balaban J connectivity index is 1.61. The van der Waals surface area contributed by atoms with Crippen molar-refractivity contribution in [3.8, 4) is 11.5 Å². The van der Waals surface area contributed by atoms with Gasteiger partial charge in [0, 0.05) is 31.2 Å². The first kappa shape index (κ1) is 19.4. The van der Waals surface area contributed by atoms with E-state index in [0.717, 1.165) is 30.6 Å². The molecule has 6 heteroatoms. The van der Waals surface area contributed by atoms with Crippen molar-refractivity contribution in [3.05, 3.63) is 59.2 Å². The molecule has 2 bridgehead atoms. The van der Waals surface area contributed by atoms with Crippen LogP contribution in [0.25, 0.3) is 0 Å². The Morgan fingerprint density at radius 3 is 2.83 bits per heavy atom. The van der Waals surface area contributed by atoms with E-state index in [1.54, 1.807) is 6.07 Å². The zero-order valence-electron chi connectivity index (χ0n) is 17.2. The quantitative estimate of drug-likeness (QED) is 0.504. The van der Waals surface area contributed by atoms with E-state index >= 15 is 0 Å². The number of carbonyl (C=O) groups excluding carboxylic acids is 1.